The van der Waals surface area contributed by atoms with E-state index < -0.39 is 0 Å². The van der Waals surface area contributed by atoms with Gasteiger partial charge in [0.2, 0.25) is 5.88 Å². The Labute approximate surface area is 136 Å². The molecule has 2 aromatic carbocycles. The van der Waals surface area contributed by atoms with E-state index in [1.54, 1.807) is 0 Å². The molecule has 0 bridgehead atoms. The normalized spacial score (nSPS) is 10.7. The van der Waals surface area contributed by atoms with Crippen LogP contribution in [-0.2, 0) is 0 Å². The van der Waals surface area contributed by atoms with Crippen LogP contribution in [0.5, 0.6) is 11.6 Å². The Bertz CT molecular complexity index is 785. The van der Waals surface area contributed by atoms with E-state index >= 15 is 0 Å². The van der Waals surface area contributed by atoms with Crippen molar-refractivity contribution in [3.8, 4) is 22.9 Å². The van der Waals surface area contributed by atoms with Gasteiger partial charge in [0.25, 0.3) is 0 Å². The van der Waals surface area contributed by atoms with Crippen molar-refractivity contribution in [2.75, 3.05) is 13.2 Å². The number of hydrogen-bond acceptors (Lipinski definition) is 4. The fourth-order valence-electron chi connectivity index (χ4n) is 2.47. The molecule has 4 heteroatoms. The van der Waals surface area contributed by atoms with Gasteiger partial charge in [0.15, 0.2) is 0 Å². The summed E-state index contributed by atoms with van der Waals surface area (Å²) in [4.78, 5) is 0. The lowest BCUT2D eigenvalue weighted by molar-refractivity contribution is 0.306. The van der Waals surface area contributed by atoms with Gasteiger partial charge in [-0.2, -0.15) is 0 Å². The van der Waals surface area contributed by atoms with Crippen LogP contribution in [-0.4, -0.2) is 23.4 Å². The zero-order chi connectivity index (χ0) is 16.1. The minimum atomic E-state index is 0.595. The molecule has 0 radical (unpaired) electrons. The molecular weight excluding hydrogens is 288 g/mol. The summed E-state index contributed by atoms with van der Waals surface area (Å²) in [5.74, 6) is 1.45. The van der Waals surface area contributed by atoms with Gasteiger partial charge in [0, 0.05) is 16.3 Å². The zero-order valence-electron chi connectivity index (χ0n) is 13.5. The molecule has 0 amide bonds. The predicted molar refractivity (Wildman–Crippen MR) is 91.9 cm³/mol. The van der Waals surface area contributed by atoms with Crippen molar-refractivity contribution in [2.45, 2.75) is 20.3 Å². The largest absolute Gasteiger partial charge is 0.494 e. The SMILES string of the molecule is CCCOc1nnc(-c2ccc(OCC)cc2)c2ccccc12. The van der Waals surface area contributed by atoms with Crippen LogP contribution in [0.2, 0.25) is 0 Å². The second-order valence-corrected chi connectivity index (χ2v) is 5.21. The van der Waals surface area contributed by atoms with Crippen molar-refractivity contribution in [3.63, 3.8) is 0 Å². The van der Waals surface area contributed by atoms with E-state index in [4.69, 9.17) is 9.47 Å². The van der Waals surface area contributed by atoms with Crippen LogP contribution >= 0.6 is 0 Å². The highest BCUT2D eigenvalue weighted by atomic mass is 16.5. The number of fused-ring (bicyclic) bond motifs is 1. The molecule has 23 heavy (non-hydrogen) atoms. The van der Waals surface area contributed by atoms with Crippen LogP contribution in [0.3, 0.4) is 0 Å². The summed E-state index contributed by atoms with van der Waals surface area (Å²) in [7, 11) is 0. The Kier molecular flexibility index (Phi) is 4.71. The molecule has 0 N–H and O–H groups in total. The van der Waals surface area contributed by atoms with Gasteiger partial charge >= 0.3 is 0 Å². The number of nitrogens with zero attached hydrogens (tertiary/aromatic N) is 2. The summed E-state index contributed by atoms with van der Waals surface area (Å²) in [6, 6.07) is 16.0. The van der Waals surface area contributed by atoms with Gasteiger partial charge in [0.1, 0.15) is 11.4 Å². The molecule has 1 heterocycles. The maximum atomic E-state index is 5.72. The summed E-state index contributed by atoms with van der Waals surface area (Å²) in [6.45, 7) is 5.35. The quantitative estimate of drug-likeness (QED) is 0.673. The summed E-state index contributed by atoms with van der Waals surface area (Å²) in [5.41, 5.74) is 1.87. The van der Waals surface area contributed by atoms with Crippen LogP contribution in [0.4, 0.5) is 0 Å². The summed E-state index contributed by atoms with van der Waals surface area (Å²) < 4.78 is 11.2. The van der Waals surface area contributed by atoms with Crippen LogP contribution in [0.25, 0.3) is 22.0 Å². The third kappa shape index (κ3) is 3.26. The van der Waals surface area contributed by atoms with Crippen molar-refractivity contribution < 1.29 is 9.47 Å². The molecule has 0 saturated heterocycles. The number of rotatable bonds is 6. The third-order valence-corrected chi connectivity index (χ3v) is 3.54. The van der Waals surface area contributed by atoms with E-state index in [1.807, 2.05) is 49.4 Å². The minimum absolute atomic E-state index is 0.595. The molecule has 0 aliphatic heterocycles. The van der Waals surface area contributed by atoms with Gasteiger partial charge < -0.3 is 9.47 Å². The Morgan fingerprint density at radius 3 is 2.26 bits per heavy atom. The van der Waals surface area contributed by atoms with Crippen molar-refractivity contribution >= 4 is 10.8 Å². The van der Waals surface area contributed by atoms with Crippen LogP contribution in [0, 0.1) is 0 Å². The summed E-state index contributed by atoms with van der Waals surface area (Å²) in [5, 5.41) is 10.7. The van der Waals surface area contributed by atoms with Gasteiger partial charge in [-0.15, -0.1) is 10.2 Å². The molecule has 4 nitrogen and oxygen atoms in total. The maximum Gasteiger partial charge on any atom is 0.241 e. The zero-order valence-corrected chi connectivity index (χ0v) is 13.5. The number of benzene rings is 2. The Balaban J connectivity index is 2.04. The van der Waals surface area contributed by atoms with E-state index in [1.165, 1.54) is 0 Å². The summed E-state index contributed by atoms with van der Waals surface area (Å²) >= 11 is 0. The van der Waals surface area contributed by atoms with Gasteiger partial charge in [0.05, 0.1) is 13.2 Å². The summed E-state index contributed by atoms with van der Waals surface area (Å²) in [6.07, 6.45) is 0.941. The van der Waals surface area contributed by atoms with Crippen LogP contribution < -0.4 is 9.47 Å². The highest BCUT2D eigenvalue weighted by Crippen LogP contribution is 2.31. The first-order valence-corrected chi connectivity index (χ1v) is 7.95. The van der Waals surface area contributed by atoms with E-state index in [0.717, 1.165) is 34.2 Å². The highest BCUT2D eigenvalue weighted by molar-refractivity contribution is 5.96. The van der Waals surface area contributed by atoms with E-state index in [2.05, 4.69) is 23.2 Å². The van der Waals surface area contributed by atoms with E-state index in [0.29, 0.717) is 19.1 Å². The van der Waals surface area contributed by atoms with Crippen molar-refractivity contribution in [3.05, 3.63) is 48.5 Å². The molecule has 3 aromatic rings. The average molecular weight is 308 g/mol. The Morgan fingerprint density at radius 2 is 1.57 bits per heavy atom. The maximum absolute atomic E-state index is 5.72. The topological polar surface area (TPSA) is 44.2 Å². The van der Waals surface area contributed by atoms with Crippen LogP contribution in [0.1, 0.15) is 20.3 Å². The van der Waals surface area contributed by atoms with Crippen molar-refractivity contribution in [1.29, 1.82) is 0 Å². The predicted octanol–water partition coefficient (Wildman–Crippen LogP) is 4.48. The molecular formula is C19H20N2O2. The van der Waals surface area contributed by atoms with Gasteiger partial charge in [-0.1, -0.05) is 25.1 Å². The van der Waals surface area contributed by atoms with Gasteiger partial charge in [-0.05, 0) is 43.7 Å². The minimum Gasteiger partial charge on any atom is -0.494 e. The molecule has 0 aliphatic rings. The number of ether oxygens (including phenoxy) is 2. The first kappa shape index (κ1) is 15.3. The molecule has 0 atom stereocenters. The van der Waals surface area contributed by atoms with Crippen LogP contribution in [0.15, 0.2) is 48.5 Å². The first-order valence-electron chi connectivity index (χ1n) is 7.95. The molecule has 0 fully saturated rings. The number of hydrogen-bond donors (Lipinski definition) is 0. The first-order chi connectivity index (χ1) is 11.3. The molecule has 118 valence electrons. The molecule has 0 saturated carbocycles. The fourth-order valence-corrected chi connectivity index (χ4v) is 2.47. The molecule has 1 aromatic heterocycles. The molecule has 0 unspecified atom stereocenters. The van der Waals surface area contributed by atoms with E-state index in [-0.39, 0.29) is 0 Å². The second kappa shape index (κ2) is 7.09. The fraction of sp³-hybridized carbons (Fsp3) is 0.263. The average Bonchev–Trinajstić information content (AvgIpc) is 2.61. The standard InChI is InChI=1S/C19H20N2O2/c1-3-13-23-19-17-8-6-5-7-16(17)18(20-21-19)14-9-11-15(12-10-14)22-4-2/h5-12H,3-4,13H2,1-2H3. The van der Waals surface area contributed by atoms with E-state index in [9.17, 15) is 0 Å². The Morgan fingerprint density at radius 1 is 0.826 bits per heavy atom. The monoisotopic (exact) mass is 308 g/mol. The molecule has 0 aliphatic carbocycles. The molecule has 3 rings (SSSR count). The van der Waals surface area contributed by atoms with Crippen molar-refractivity contribution in [2.24, 2.45) is 0 Å². The van der Waals surface area contributed by atoms with Gasteiger partial charge in [-0.25, -0.2) is 0 Å². The molecule has 0 spiro atoms. The van der Waals surface area contributed by atoms with Gasteiger partial charge in [-0.3, -0.25) is 0 Å². The lowest BCUT2D eigenvalue weighted by atomic mass is 10.0. The lowest BCUT2D eigenvalue weighted by Crippen LogP contribution is -2.01. The highest BCUT2D eigenvalue weighted by Gasteiger charge is 2.11. The second-order valence-electron chi connectivity index (χ2n) is 5.21. The number of aromatic nitrogens is 2. The lowest BCUT2D eigenvalue weighted by Gasteiger charge is -2.10. The third-order valence-electron chi connectivity index (χ3n) is 3.54. The smallest absolute Gasteiger partial charge is 0.241 e. The Hall–Kier alpha value is -2.62. The van der Waals surface area contributed by atoms with Crippen molar-refractivity contribution in [1.82, 2.24) is 10.2 Å².